The van der Waals surface area contributed by atoms with Crippen molar-refractivity contribution in [2.75, 3.05) is 24.6 Å². The van der Waals surface area contributed by atoms with E-state index in [0.29, 0.717) is 30.6 Å². The van der Waals surface area contributed by atoms with Crippen LogP contribution in [0, 0.1) is 5.82 Å². The Morgan fingerprint density at radius 1 is 1.50 bits per heavy atom. The molecule has 1 saturated heterocycles. The second kappa shape index (κ2) is 6.06. The number of nitrogens with zero attached hydrogens (tertiary/aromatic N) is 2. The van der Waals surface area contributed by atoms with Crippen LogP contribution >= 0.6 is 0 Å². The van der Waals surface area contributed by atoms with Crippen molar-refractivity contribution in [2.24, 2.45) is 0 Å². The predicted octanol–water partition coefficient (Wildman–Crippen LogP) is 2.09. The van der Waals surface area contributed by atoms with Crippen LogP contribution in [0.15, 0.2) is 12.3 Å². The van der Waals surface area contributed by atoms with Crippen molar-refractivity contribution in [3.8, 4) is 0 Å². The molecule has 4 nitrogen and oxygen atoms in total. The molecular formula is C15H22FN3O. The fourth-order valence-corrected chi connectivity index (χ4v) is 3.26. The maximum Gasteiger partial charge on any atom is 0.170 e. The lowest BCUT2D eigenvalue weighted by molar-refractivity contribution is 0.0250. The van der Waals surface area contributed by atoms with E-state index in [1.54, 1.807) is 12.3 Å². The maximum absolute atomic E-state index is 14.7. The molecule has 0 radical (unpaired) electrons. The first-order valence-corrected chi connectivity index (χ1v) is 7.53. The number of rotatable bonds is 4. The lowest BCUT2D eigenvalue weighted by atomic mass is 10.1. The Morgan fingerprint density at radius 3 is 3.25 bits per heavy atom. The summed E-state index contributed by atoms with van der Waals surface area (Å²) in [5.74, 6) is 0.321. The molecule has 2 aliphatic rings. The molecule has 1 aromatic rings. The van der Waals surface area contributed by atoms with E-state index < -0.39 is 0 Å². The van der Waals surface area contributed by atoms with Gasteiger partial charge in [0.1, 0.15) is 0 Å². The molecule has 1 saturated carbocycles. The van der Waals surface area contributed by atoms with Crippen LogP contribution in [0.2, 0.25) is 0 Å². The van der Waals surface area contributed by atoms with Gasteiger partial charge in [-0.15, -0.1) is 0 Å². The molecule has 1 aliphatic carbocycles. The molecule has 0 bridgehead atoms. The van der Waals surface area contributed by atoms with E-state index in [1.165, 1.54) is 0 Å². The number of aromatic nitrogens is 1. The van der Waals surface area contributed by atoms with Crippen molar-refractivity contribution in [3.05, 3.63) is 23.6 Å². The molecule has 0 amide bonds. The first-order chi connectivity index (χ1) is 9.81. The lowest BCUT2D eigenvalue weighted by Gasteiger charge is -2.38. The molecule has 2 heterocycles. The average molecular weight is 279 g/mol. The third-order valence-electron chi connectivity index (χ3n) is 4.27. The molecule has 1 aliphatic heterocycles. The minimum absolute atomic E-state index is 0.180. The Bertz CT molecular complexity index is 468. The topological polar surface area (TPSA) is 37.4 Å². The molecule has 110 valence electrons. The van der Waals surface area contributed by atoms with Crippen LogP contribution in [0.5, 0.6) is 0 Å². The molecular weight excluding hydrogens is 257 g/mol. The van der Waals surface area contributed by atoms with Gasteiger partial charge in [-0.2, -0.15) is 0 Å². The first-order valence-electron chi connectivity index (χ1n) is 7.53. The summed E-state index contributed by atoms with van der Waals surface area (Å²) in [5, 5.41) is 3.17. The highest BCUT2D eigenvalue weighted by Crippen LogP contribution is 2.33. The quantitative estimate of drug-likeness (QED) is 0.916. The Hall–Kier alpha value is -1.20. The largest absolute Gasteiger partial charge is 0.374 e. The number of hydrogen-bond acceptors (Lipinski definition) is 4. The zero-order valence-corrected chi connectivity index (χ0v) is 11.9. The summed E-state index contributed by atoms with van der Waals surface area (Å²) < 4.78 is 20.4. The molecule has 1 N–H and O–H groups in total. The number of pyridine rings is 1. The molecule has 2 fully saturated rings. The van der Waals surface area contributed by atoms with Gasteiger partial charge in [0.25, 0.3) is 0 Å². The van der Waals surface area contributed by atoms with Gasteiger partial charge in [0.15, 0.2) is 11.6 Å². The smallest absolute Gasteiger partial charge is 0.170 e. The van der Waals surface area contributed by atoms with Crippen LogP contribution in [0.4, 0.5) is 10.2 Å². The minimum Gasteiger partial charge on any atom is -0.374 e. The van der Waals surface area contributed by atoms with Crippen molar-refractivity contribution >= 4 is 5.82 Å². The summed E-state index contributed by atoms with van der Waals surface area (Å²) in [4.78, 5) is 6.42. The first kappa shape index (κ1) is 13.8. The Morgan fingerprint density at radius 2 is 2.40 bits per heavy atom. The summed E-state index contributed by atoms with van der Waals surface area (Å²) in [6, 6.07) is 2.05. The van der Waals surface area contributed by atoms with Crippen molar-refractivity contribution in [1.29, 1.82) is 0 Å². The van der Waals surface area contributed by atoms with Gasteiger partial charge in [0.2, 0.25) is 0 Å². The Labute approximate surface area is 119 Å². The van der Waals surface area contributed by atoms with E-state index in [4.69, 9.17) is 4.74 Å². The Balaban J connectivity index is 1.85. The molecule has 2 atom stereocenters. The minimum atomic E-state index is -0.180. The third kappa shape index (κ3) is 2.52. The van der Waals surface area contributed by atoms with Gasteiger partial charge in [-0.1, -0.05) is 6.92 Å². The lowest BCUT2D eigenvalue weighted by Crippen LogP contribution is -2.49. The molecule has 20 heavy (non-hydrogen) atoms. The number of morpholine rings is 1. The summed E-state index contributed by atoms with van der Waals surface area (Å²) in [5.41, 5.74) is 0.692. The average Bonchev–Trinajstić information content (AvgIpc) is 2.95. The fourth-order valence-electron chi connectivity index (χ4n) is 3.26. The predicted molar refractivity (Wildman–Crippen MR) is 76.3 cm³/mol. The van der Waals surface area contributed by atoms with Gasteiger partial charge >= 0.3 is 0 Å². The van der Waals surface area contributed by atoms with Crippen LogP contribution in [-0.4, -0.2) is 36.8 Å². The standard InChI is InChI=1S/C15H22FN3O/c1-2-17-10-11-6-7-18-15(14(11)16)19-8-9-20-13-5-3-4-12(13)19/h6-7,12-13,17H,2-5,8-10H2,1H3. The van der Waals surface area contributed by atoms with E-state index >= 15 is 0 Å². The highest BCUT2D eigenvalue weighted by Gasteiger charge is 2.37. The van der Waals surface area contributed by atoms with Crippen molar-refractivity contribution < 1.29 is 9.13 Å². The highest BCUT2D eigenvalue weighted by atomic mass is 19.1. The van der Waals surface area contributed by atoms with Gasteiger partial charge in [-0.05, 0) is 31.9 Å². The number of anilines is 1. The van der Waals surface area contributed by atoms with Gasteiger partial charge in [-0.25, -0.2) is 9.37 Å². The SMILES string of the molecule is CCNCc1ccnc(N2CCOC3CCCC32)c1F. The van der Waals surface area contributed by atoms with Crippen LogP contribution in [-0.2, 0) is 11.3 Å². The molecule has 0 aromatic carbocycles. The maximum atomic E-state index is 14.7. The number of hydrogen-bond donors (Lipinski definition) is 1. The highest BCUT2D eigenvalue weighted by molar-refractivity contribution is 5.45. The number of fused-ring (bicyclic) bond motifs is 1. The number of ether oxygens (including phenoxy) is 1. The van der Waals surface area contributed by atoms with Gasteiger partial charge < -0.3 is 15.0 Å². The van der Waals surface area contributed by atoms with E-state index in [9.17, 15) is 4.39 Å². The third-order valence-corrected chi connectivity index (χ3v) is 4.27. The number of halogens is 1. The number of nitrogens with one attached hydrogen (secondary N) is 1. The summed E-state index contributed by atoms with van der Waals surface area (Å²) in [6.45, 7) is 4.80. The van der Waals surface area contributed by atoms with Crippen molar-refractivity contribution in [1.82, 2.24) is 10.3 Å². The molecule has 0 spiro atoms. The molecule has 5 heteroatoms. The zero-order chi connectivity index (χ0) is 13.9. The van der Waals surface area contributed by atoms with Crippen LogP contribution in [0.1, 0.15) is 31.7 Å². The Kier molecular flexibility index (Phi) is 4.17. The van der Waals surface area contributed by atoms with Crippen molar-refractivity contribution in [2.45, 2.75) is 44.9 Å². The zero-order valence-electron chi connectivity index (χ0n) is 11.9. The van der Waals surface area contributed by atoms with E-state index in [0.717, 1.165) is 32.4 Å². The van der Waals surface area contributed by atoms with Crippen LogP contribution in [0.25, 0.3) is 0 Å². The monoisotopic (exact) mass is 279 g/mol. The summed E-state index contributed by atoms with van der Waals surface area (Å²) in [7, 11) is 0. The molecule has 1 aromatic heterocycles. The van der Waals surface area contributed by atoms with Gasteiger partial charge in [0.05, 0.1) is 18.8 Å². The van der Waals surface area contributed by atoms with Crippen molar-refractivity contribution in [3.63, 3.8) is 0 Å². The van der Waals surface area contributed by atoms with Crippen LogP contribution in [0.3, 0.4) is 0 Å². The van der Waals surface area contributed by atoms with E-state index in [1.807, 2.05) is 6.92 Å². The summed E-state index contributed by atoms with van der Waals surface area (Å²) in [6.07, 6.45) is 5.28. The van der Waals surface area contributed by atoms with E-state index in [-0.39, 0.29) is 11.9 Å². The van der Waals surface area contributed by atoms with E-state index in [2.05, 4.69) is 15.2 Å². The van der Waals surface area contributed by atoms with Crippen LogP contribution < -0.4 is 10.2 Å². The van der Waals surface area contributed by atoms with Gasteiger partial charge in [0, 0.05) is 24.8 Å². The molecule has 3 rings (SSSR count). The fraction of sp³-hybridized carbons (Fsp3) is 0.667. The molecule has 2 unspecified atom stereocenters. The normalized spacial score (nSPS) is 25.8. The second-order valence-electron chi connectivity index (χ2n) is 5.49. The summed E-state index contributed by atoms with van der Waals surface area (Å²) >= 11 is 0. The second-order valence-corrected chi connectivity index (χ2v) is 5.49. The van der Waals surface area contributed by atoms with Gasteiger partial charge in [-0.3, -0.25) is 0 Å².